The second kappa shape index (κ2) is 6.28. The Kier molecular flexibility index (Phi) is 5.34. The zero-order chi connectivity index (χ0) is 15.1. The molecule has 21 heavy (non-hydrogen) atoms. The van der Waals surface area contributed by atoms with E-state index in [1.54, 1.807) is 0 Å². The Morgan fingerprint density at radius 3 is 2.67 bits per heavy atom. The molecule has 1 fully saturated rings. The van der Waals surface area contributed by atoms with E-state index in [0.717, 1.165) is 0 Å². The number of hydrazone groups is 1. The maximum atomic E-state index is 11.8. The predicted octanol–water partition coefficient (Wildman–Crippen LogP) is -4.39. The van der Waals surface area contributed by atoms with Crippen LogP contribution in [0.2, 0.25) is 0 Å². The second-order valence-electron chi connectivity index (χ2n) is 4.30. The summed E-state index contributed by atoms with van der Waals surface area (Å²) in [6.45, 7) is 0. The Labute approximate surface area is 143 Å². The number of fused-ring (bicyclic) bond motifs is 1. The SMILES string of the molecule is CN1C2=CC(=O)/C(=N\NC(N)=O)C=C2CC1S(=O)(=O)[O-].[Na+]. The number of nitrogens with two attached hydrogens (primary N) is 1. The van der Waals surface area contributed by atoms with E-state index < -0.39 is 27.3 Å². The second-order valence-corrected chi connectivity index (χ2v) is 5.83. The van der Waals surface area contributed by atoms with Gasteiger partial charge in [-0.05, 0) is 11.6 Å². The molecule has 1 heterocycles. The molecule has 2 amide bonds. The number of amides is 2. The minimum atomic E-state index is -4.52. The third-order valence-corrected chi connectivity index (χ3v) is 4.14. The number of hydrogen-bond acceptors (Lipinski definition) is 7. The van der Waals surface area contributed by atoms with Gasteiger partial charge in [-0.1, -0.05) is 0 Å². The van der Waals surface area contributed by atoms with E-state index >= 15 is 0 Å². The average Bonchev–Trinajstić information content (AvgIpc) is 2.63. The molecule has 108 valence electrons. The van der Waals surface area contributed by atoms with Gasteiger partial charge in [0.2, 0.25) is 5.78 Å². The molecule has 0 bridgehead atoms. The number of likely N-dealkylation sites (N-methyl/N-ethyl adjacent to an activating group) is 1. The Bertz CT molecular complexity index is 682. The van der Waals surface area contributed by atoms with Gasteiger partial charge in [-0.25, -0.2) is 18.6 Å². The molecule has 0 saturated carbocycles. The van der Waals surface area contributed by atoms with Crippen molar-refractivity contribution < 1.29 is 52.1 Å². The predicted molar refractivity (Wildman–Crippen MR) is 67.2 cm³/mol. The minimum absolute atomic E-state index is 0. The summed E-state index contributed by atoms with van der Waals surface area (Å²) in [6.07, 6.45) is 2.45. The van der Waals surface area contributed by atoms with Crippen molar-refractivity contribution in [1.82, 2.24) is 10.3 Å². The number of nitrogens with one attached hydrogen (secondary N) is 1. The molecule has 2 rings (SSSR count). The molecule has 1 aliphatic heterocycles. The fourth-order valence-corrected chi connectivity index (χ4v) is 2.96. The van der Waals surface area contributed by atoms with Crippen molar-refractivity contribution in [1.29, 1.82) is 0 Å². The van der Waals surface area contributed by atoms with E-state index in [1.807, 2.05) is 5.43 Å². The molecule has 3 N–H and O–H groups in total. The average molecular weight is 322 g/mol. The number of carbonyl (C=O) groups is 2. The van der Waals surface area contributed by atoms with Crippen LogP contribution >= 0.6 is 0 Å². The van der Waals surface area contributed by atoms with Gasteiger partial charge in [0.15, 0.2) is 0 Å². The summed E-state index contributed by atoms with van der Waals surface area (Å²) in [6, 6.07) is -0.929. The van der Waals surface area contributed by atoms with Crippen LogP contribution in [0, 0.1) is 0 Å². The van der Waals surface area contributed by atoms with Gasteiger partial charge in [0.1, 0.15) is 21.2 Å². The van der Waals surface area contributed by atoms with Gasteiger partial charge >= 0.3 is 35.6 Å². The number of ketones is 1. The van der Waals surface area contributed by atoms with E-state index in [2.05, 4.69) is 5.10 Å². The van der Waals surface area contributed by atoms with Gasteiger partial charge < -0.3 is 15.2 Å². The summed E-state index contributed by atoms with van der Waals surface area (Å²) in [5, 5.41) is 2.26. The fraction of sp³-hybridized carbons (Fsp3) is 0.300. The smallest absolute Gasteiger partial charge is 0.746 e. The van der Waals surface area contributed by atoms with Crippen LogP contribution in [0.4, 0.5) is 4.79 Å². The molecule has 9 nitrogen and oxygen atoms in total. The number of likely N-dealkylation sites (tertiary alicyclic amines) is 1. The maximum Gasteiger partial charge on any atom is 1.00 e. The van der Waals surface area contributed by atoms with Crippen LogP contribution < -0.4 is 40.7 Å². The van der Waals surface area contributed by atoms with Gasteiger partial charge in [-0.2, -0.15) is 5.10 Å². The third-order valence-electron chi connectivity index (χ3n) is 2.99. The fourth-order valence-electron chi connectivity index (χ4n) is 2.07. The number of nitrogens with zero attached hydrogens (tertiary/aromatic N) is 2. The standard InChI is InChI=1S/C10H12N4O5S.Na/c1-14-7-4-8(15)6(12-13-10(11)16)2-5(7)3-9(14)20(17,18)19;/h2,4,9H,3H2,1H3,(H3,11,13,16)(H,17,18,19);/q;+1/p-1/b12-6-;. The van der Waals surface area contributed by atoms with Crippen LogP contribution in [-0.4, -0.2) is 47.8 Å². The van der Waals surface area contributed by atoms with Crippen molar-refractivity contribution in [2.75, 3.05) is 7.05 Å². The molecular weight excluding hydrogens is 311 g/mol. The molecular formula is C10H11N4NaO5S. The number of urea groups is 1. The zero-order valence-corrected chi connectivity index (χ0v) is 14.2. The molecule has 1 atom stereocenters. The summed E-state index contributed by atoms with van der Waals surface area (Å²) in [7, 11) is -3.10. The molecule has 0 aromatic rings. The molecule has 0 aromatic carbocycles. The Hall–Kier alpha value is -1.20. The minimum Gasteiger partial charge on any atom is -0.746 e. The summed E-state index contributed by atoms with van der Waals surface area (Å²) < 4.78 is 33.4. The van der Waals surface area contributed by atoms with Crippen LogP contribution in [0.15, 0.2) is 28.5 Å². The first kappa shape index (κ1) is 17.9. The van der Waals surface area contributed by atoms with E-state index in [9.17, 15) is 22.6 Å². The first-order chi connectivity index (χ1) is 9.20. The van der Waals surface area contributed by atoms with Crippen LogP contribution in [-0.2, 0) is 14.9 Å². The first-order valence-electron chi connectivity index (χ1n) is 5.48. The molecule has 0 spiro atoms. The van der Waals surface area contributed by atoms with Crippen molar-refractivity contribution in [3.8, 4) is 0 Å². The van der Waals surface area contributed by atoms with Crippen molar-refractivity contribution in [3.63, 3.8) is 0 Å². The van der Waals surface area contributed by atoms with Crippen LogP contribution in [0.5, 0.6) is 0 Å². The normalized spacial score (nSPS) is 23.1. The van der Waals surface area contributed by atoms with Gasteiger partial charge in [0.25, 0.3) is 0 Å². The number of rotatable bonds is 2. The van der Waals surface area contributed by atoms with E-state index in [0.29, 0.717) is 11.3 Å². The third kappa shape index (κ3) is 3.71. The number of primary amides is 1. The number of hydrogen-bond donors (Lipinski definition) is 2. The Morgan fingerprint density at radius 1 is 1.52 bits per heavy atom. The summed E-state index contributed by atoms with van der Waals surface area (Å²) in [5.74, 6) is -0.520. The van der Waals surface area contributed by atoms with Crippen LogP contribution in [0.1, 0.15) is 6.42 Å². The molecule has 0 radical (unpaired) electrons. The van der Waals surface area contributed by atoms with Crippen molar-refractivity contribution >= 4 is 27.6 Å². The van der Waals surface area contributed by atoms with Gasteiger partial charge in [-0.15, -0.1) is 0 Å². The summed E-state index contributed by atoms with van der Waals surface area (Å²) in [4.78, 5) is 23.5. The molecule has 1 aliphatic carbocycles. The van der Waals surface area contributed by atoms with Crippen molar-refractivity contribution in [3.05, 3.63) is 23.4 Å². The quantitative estimate of drug-likeness (QED) is 0.227. The molecule has 2 aliphatic rings. The van der Waals surface area contributed by atoms with Crippen LogP contribution in [0.25, 0.3) is 0 Å². The molecule has 1 saturated heterocycles. The van der Waals surface area contributed by atoms with E-state index in [4.69, 9.17) is 5.73 Å². The number of allylic oxidation sites excluding steroid dienone is 3. The van der Waals surface area contributed by atoms with Gasteiger partial charge in [-0.3, -0.25) is 4.79 Å². The zero-order valence-electron chi connectivity index (χ0n) is 11.4. The van der Waals surface area contributed by atoms with E-state index in [-0.39, 0.29) is 41.7 Å². The van der Waals surface area contributed by atoms with Gasteiger partial charge in [0.05, 0.1) is 0 Å². The number of carbonyl (C=O) groups excluding carboxylic acids is 2. The molecule has 0 aromatic heterocycles. The molecule has 11 heteroatoms. The summed E-state index contributed by atoms with van der Waals surface area (Å²) >= 11 is 0. The summed E-state index contributed by atoms with van der Waals surface area (Å²) in [5.41, 5.74) is 7.51. The largest absolute Gasteiger partial charge is 1.00 e. The Balaban J connectivity index is 0.00000220. The van der Waals surface area contributed by atoms with Crippen molar-refractivity contribution in [2.45, 2.75) is 11.8 Å². The van der Waals surface area contributed by atoms with Crippen molar-refractivity contribution in [2.24, 2.45) is 10.8 Å². The topological polar surface area (TPSA) is 145 Å². The van der Waals surface area contributed by atoms with Crippen LogP contribution in [0.3, 0.4) is 0 Å². The van der Waals surface area contributed by atoms with E-state index in [1.165, 1.54) is 24.1 Å². The van der Waals surface area contributed by atoms with Gasteiger partial charge in [0, 0.05) is 25.2 Å². The first-order valence-corrected chi connectivity index (χ1v) is 6.95. The Morgan fingerprint density at radius 2 is 2.14 bits per heavy atom. The monoisotopic (exact) mass is 322 g/mol. The maximum absolute atomic E-state index is 11.8. The molecule has 1 unspecified atom stereocenters.